The lowest BCUT2D eigenvalue weighted by molar-refractivity contribution is -0.144. The third-order valence-corrected chi connectivity index (χ3v) is 5.33. The number of primary amides is 1. The zero-order valence-electron chi connectivity index (χ0n) is 13.5. The van der Waals surface area contributed by atoms with Crippen molar-refractivity contribution in [1.82, 2.24) is 9.88 Å². The first-order valence-corrected chi connectivity index (χ1v) is 9.21. The summed E-state index contributed by atoms with van der Waals surface area (Å²) in [5.41, 5.74) is 6.80. The first kappa shape index (κ1) is 17.7. The number of likely N-dealkylation sites (tertiary alicyclic amines) is 1. The smallest absolute Gasteiger partial charge is 0.315 e. The van der Waals surface area contributed by atoms with Gasteiger partial charge in [0.1, 0.15) is 11.6 Å². The number of rotatable bonds is 5. The summed E-state index contributed by atoms with van der Waals surface area (Å²) in [6.07, 6.45) is 1.76. The van der Waals surface area contributed by atoms with Gasteiger partial charge in [0.25, 0.3) is 0 Å². The first-order chi connectivity index (χ1) is 12.0. The molecule has 2 aromatic rings. The molecule has 1 fully saturated rings. The Hall–Kier alpha value is -2.12. The van der Waals surface area contributed by atoms with Crippen LogP contribution >= 0.6 is 22.9 Å². The fourth-order valence-electron chi connectivity index (χ4n) is 2.83. The van der Waals surface area contributed by atoms with E-state index >= 15 is 0 Å². The molecule has 0 unspecified atom stereocenters. The number of benzene rings is 1. The number of amides is 2. The minimum Gasteiger partial charge on any atom is -0.463 e. The molecule has 3 rings (SSSR count). The molecule has 0 radical (unpaired) electrons. The van der Waals surface area contributed by atoms with Gasteiger partial charge in [-0.2, -0.15) is 0 Å². The van der Waals surface area contributed by atoms with Crippen LogP contribution in [-0.4, -0.2) is 41.1 Å². The van der Waals surface area contributed by atoms with E-state index in [1.165, 1.54) is 11.3 Å². The van der Waals surface area contributed by atoms with Crippen LogP contribution in [0.3, 0.4) is 0 Å². The molecule has 0 bridgehead atoms. The lowest BCUT2D eigenvalue weighted by Crippen LogP contribution is -2.42. The molecule has 0 spiro atoms. The third-order valence-electron chi connectivity index (χ3n) is 4.08. The molecular formula is C17H18ClN3O3S. The van der Waals surface area contributed by atoms with Gasteiger partial charge < -0.3 is 15.4 Å². The Kier molecular flexibility index (Phi) is 5.55. The summed E-state index contributed by atoms with van der Waals surface area (Å²) in [4.78, 5) is 29.3. The molecule has 2 amide bonds. The monoisotopic (exact) mass is 379 g/mol. The van der Waals surface area contributed by atoms with E-state index in [-0.39, 0.29) is 25.0 Å². The molecule has 1 aliphatic heterocycles. The zero-order chi connectivity index (χ0) is 17.8. The van der Waals surface area contributed by atoms with Gasteiger partial charge in [-0.1, -0.05) is 29.8 Å². The van der Waals surface area contributed by atoms with E-state index in [9.17, 15) is 9.59 Å². The molecule has 1 saturated heterocycles. The highest BCUT2D eigenvalue weighted by molar-refractivity contribution is 7.13. The van der Waals surface area contributed by atoms with Crippen molar-refractivity contribution in [2.75, 3.05) is 13.2 Å². The van der Waals surface area contributed by atoms with Gasteiger partial charge in [0.05, 0.1) is 23.2 Å². The van der Waals surface area contributed by atoms with E-state index in [0.717, 1.165) is 23.4 Å². The van der Waals surface area contributed by atoms with Gasteiger partial charge in [-0.05, 0) is 18.9 Å². The predicted octanol–water partition coefficient (Wildman–Crippen LogP) is 3.09. The number of ether oxygens (including phenoxy) is 1. The average molecular weight is 380 g/mol. The van der Waals surface area contributed by atoms with Gasteiger partial charge in [0, 0.05) is 17.5 Å². The molecule has 2 N–H and O–H groups in total. The molecule has 1 atom stereocenters. The summed E-state index contributed by atoms with van der Waals surface area (Å²) in [5, 5.41) is 3.22. The first-order valence-electron chi connectivity index (χ1n) is 7.95. The summed E-state index contributed by atoms with van der Waals surface area (Å²) in [6.45, 7) is 0.786. The maximum absolute atomic E-state index is 12.0. The minimum atomic E-state index is -0.470. The number of carbonyl (C=O) groups excluding carboxylic acids is 2. The van der Waals surface area contributed by atoms with Crippen molar-refractivity contribution in [3.05, 3.63) is 40.4 Å². The molecule has 0 aliphatic carbocycles. The number of thiazole rings is 1. The van der Waals surface area contributed by atoms with Crippen molar-refractivity contribution in [3.63, 3.8) is 0 Å². The Morgan fingerprint density at radius 1 is 1.40 bits per heavy atom. The molecule has 6 nitrogen and oxygen atoms in total. The molecule has 1 aromatic heterocycles. The van der Waals surface area contributed by atoms with E-state index < -0.39 is 6.03 Å². The normalized spacial score (nSPS) is 16.8. The van der Waals surface area contributed by atoms with Crippen molar-refractivity contribution in [1.29, 1.82) is 0 Å². The lowest BCUT2D eigenvalue weighted by Gasteiger charge is -2.22. The minimum absolute atomic E-state index is 0.0875. The molecule has 132 valence electrons. The van der Waals surface area contributed by atoms with E-state index in [0.29, 0.717) is 17.3 Å². The second-order valence-corrected chi connectivity index (χ2v) is 7.08. The van der Waals surface area contributed by atoms with Crippen LogP contribution in [0.15, 0.2) is 29.6 Å². The maximum Gasteiger partial charge on any atom is 0.315 e. The summed E-state index contributed by atoms with van der Waals surface area (Å²) < 4.78 is 5.30. The standard InChI is InChI=1S/C17H18ClN3O3S/c18-14-6-2-1-5-13(14)16-20-11(10-25-16)8-15(22)24-9-12-4-3-7-21(12)17(19)23/h1-2,5-6,10,12H,3-4,7-9H2,(H2,19,23)/t12-/m1/s1. The van der Waals surface area contributed by atoms with Crippen molar-refractivity contribution >= 4 is 34.9 Å². The molecule has 2 heterocycles. The number of carbonyl (C=O) groups is 2. The Bertz CT molecular complexity index is 780. The van der Waals surface area contributed by atoms with Crippen LogP contribution in [0.1, 0.15) is 18.5 Å². The lowest BCUT2D eigenvalue weighted by atomic mass is 10.2. The Balaban J connectivity index is 1.55. The Morgan fingerprint density at radius 3 is 2.96 bits per heavy atom. The molecule has 1 aliphatic rings. The van der Waals surface area contributed by atoms with Gasteiger partial charge in [-0.3, -0.25) is 4.79 Å². The van der Waals surface area contributed by atoms with Gasteiger partial charge in [0.15, 0.2) is 0 Å². The largest absolute Gasteiger partial charge is 0.463 e. The van der Waals surface area contributed by atoms with Gasteiger partial charge in [-0.25, -0.2) is 9.78 Å². The number of hydrogen-bond acceptors (Lipinski definition) is 5. The van der Waals surface area contributed by atoms with E-state index in [1.54, 1.807) is 11.0 Å². The fraction of sp³-hybridized carbons (Fsp3) is 0.353. The molecular weight excluding hydrogens is 362 g/mol. The molecule has 1 aromatic carbocycles. The van der Waals surface area contributed by atoms with Crippen LogP contribution in [0.25, 0.3) is 10.6 Å². The van der Waals surface area contributed by atoms with Crippen LogP contribution in [0.2, 0.25) is 5.02 Å². The van der Waals surface area contributed by atoms with E-state index in [4.69, 9.17) is 22.1 Å². The van der Waals surface area contributed by atoms with Crippen molar-refractivity contribution in [2.24, 2.45) is 5.73 Å². The Morgan fingerprint density at radius 2 is 2.20 bits per heavy atom. The average Bonchev–Trinajstić information content (AvgIpc) is 3.22. The topological polar surface area (TPSA) is 85.5 Å². The van der Waals surface area contributed by atoms with Crippen LogP contribution in [0, 0.1) is 0 Å². The second-order valence-electron chi connectivity index (χ2n) is 5.81. The summed E-state index contributed by atoms with van der Waals surface area (Å²) in [6, 6.07) is 6.84. The number of urea groups is 1. The second kappa shape index (κ2) is 7.84. The highest BCUT2D eigenvalue weighted by Crippen LogP contribution is 2.30. The van der Waals surface area contributed by atoms with E-state index in [1.807, 2.05) is 23.6 Å². The van der Waals surface area contributed by atoms with Crippen molar-refractivity contribution in [3.8, 4) is 10.6 Å². The summed E-state index contributed by atoms with van der Waals surface area (Å²) in [7, 11) is 0. The number of aromatic nitrogens is 1. The molecule has 0 saturated carbocycles. The summed E-state index contributed by atoms with van der Waals surface area (Å²) in [5.74, 6) is -0.368. The highest BCUT2D eigenvalue weighted by Gasteiger charge is 2.28. The maximum atomic E-state index is 12.0. The van der Waals surface area contributed by atoms with Gasteiger partial charge in [-0.15, -0.1) is 11.3 Å². The van der Waals surface area contributed by atoms with Crippen molar-refractivity contribution < 1.29 is 14.3 Å². The molecule has 8 heteroatoms. The third kappa shape index (κ3) is 4.29. The molecule has 25 heavy (non-hydrogen) atoms. The van der Waals surface area contributed by atoms with Gasteiger partial charge >= 0.3 is 12.0 Å². The predicted molar refractivity (Wildman–Crippen MR) is 96.5 cm³/mol. The summed E-state index contributed by atoms with van der Waals surface area (Å²) >= 11 is 7.60. The Labute approximate surface area is 154 Å². The van der Waals surface area contributed by atoms with Crippen LogP contribution < -0.4 is 5.73 Å². The number of esters is 1. The quantitative estimate of drug-likeness (QED) is 0.809. The van der Waals surface area contributed by atoms with Crippen LogP contribution in [0.5, 0.6) is 0 Å². The fourth-order valence-corrected chi connectivity index (χ4v) is 3.97. The van der Waals surface area contributed by atoms with Crippen LogP contribution in [0.4, 0.5) is 4.79 Å². The van der Waals surface area contributed by atoms with Gasteiger partial charge in [0.2, 0.25) is 0 Å². The highest BCUT2D eigenvalue weighted by atomic mass is 35.5. The van der Waals surface area contributed by atoms with Crippen molar-refractivity contribution in [2.45, 2.75) is 25.3 Å². The number of halogens is 1. The zero-order valence-corrected chi connectivity index (χ0v) is 15.1. The number of nitrogens with two attached hydrogens (primary N) is 1. The number of hydrogen-bond donors (Lipinski definition) is 1. The number of nitrogens with zero attached hydrogens (tertiary/aromatic N) is 2. The van der Waals surface area contributed by atoms with Crippen LogP contribution in [-0.2, 0) is 16.0 Å². The SMILES string of the molecule is NC(=O)N1CCC[C@@H]1COC(=O)Cc1csc(-c2ccccc2Cl)n1. The van der Waals surface area contributed by atoms with E-state index in [2.05, 4.69) is 4.98 Å².